The molecule has 2 aromatic heterocycles. The number of ether oxygens (including phenoxy) is 3. The minimum absolute atomic E-state index is 0.649. The molecular weight excluding hydrogens is 342 g/mol. The minimum Gasteiger partial charge on any atom is -0.497 e. The van der Waals surface area contributed by atoms with Gasteiger partial charge in [-0.2, -0.15) is 0 Å². The highest BCUT2D eigenvalue weighted by Crippen LogP contribution is 2.32. The summed E-state index contributed by atoms with van der Waals surface area (Å²) in [6, 6.07) is 17.6. The van der Waals surface area contributed by atoms with Gasteiger partial charge in [0.25, 0.3) is 0 Å². The fraction of sp³-hybridized carbons (Fsp3) is 0.143. The predicted octanol–water partition coefficient (Wildman–Crippen LogP) is 4.09. The molecule has 27 heavy (non-hydrogen) atoms. The van der Waals surface area contributed by atoms with E-state index in [1.165, 1.54) is 0 Å². The molecule has 0 bridgehead atoms. The van der Waals surface area contributed by atoms with Gasteiger partial charge in [-0.3, -0.25) is 4.40 Å². The highest BCUT2D eigenvalue weighted by atomic mass is 16.5. The normalized spacial score (nSPS) is 10.8. The molecule has 0 aliphatic carbocycles. The third kappa shape index (κ3) is 3.06. The zero-order valence-corrected chi connectivity index (χ0v) is 15.3. The number of hydrogen-bond acceptors (Lipinski definition) is 5. The SMILES string of the molecule is COc1cccc(-c2ccc3nnc(-c4ccc(OC)c(OC)c4)n3c2)c1. The van der Waals surface area contributed by atoms with Crippen LogP contribution < -0.4 is 14.2 Å². The monoisotopic (exact) mass is 361 g/mol. The quantitative estimate of drug-likeness (QED) is 0.536. The molecule has 0 atom stereocenters. The van der Waals surface area contributed by atoms with Gasteiger partial charge in [-0.25, -0.2) is 0 Å². The van der Waals surface area contributed by atoms with Crippen LogP contribution in [0.1, 0.15) is 0 Å². The minimum atomic E-state index is 0.649. The standard InChI is InChI=1S/C21H19N3O3/c1-25-17-6-4-5-14(11-17)16-8-10-20-22-23-21(24(20)13-16)15-7-9-18(26-2)19(12-15)27-3/h4-13H,1-3H3. The summed E-state index contributed by atoms with van der Waals surface area (Å²) < 4.78 is 18.0. The maximum absolute atomic E-state index is 5.41. The Bertz CT molecular complexity index is 1100. The molecule has 0 aliphatic rings. The molecule has 6 heteroatoms. The van der Waals surface area contributed by atoms with E-state index in [2.05, 4.69) is 10.2 Å². The van der Waals surface area contributed by atoms with Crippen LogP contribution in [0.25, 0.3) is 28.2 Å². The van der Waals surface area contributed by atoms with Crippen LogP contribution in [0.2, 0.25) is 0 Å². The van der Waals surface area contributed by atoms with Gasteiger partial charge in [-0.1, -0.05) is 12.1 Å². The van der Waals surface area contributed by atoms with Crippen LogP contribution in [0.4, 0.5) is 0 Å². The molecular formula is C21H19N3O3. The van der Waals surface area contributed by atoms with Crippen LogP contribution in [0.5, 0.6) is 17.2 Å². The Hall–Kier alpha value is -3.54. The summed E-state index contributed by atoms with van der Waals surface area (Å²) in [6.07, 6.45) is 2.02. The van der Waals surface area contributed by atoms with E-state index in [1.54, 1.807) is 21.3 Å². The van der Waals surface area contributed by atoms with Crippen LogP contribution in [0.3, 0.4) is 0 Å². The predicted molar refractivity (Wildman–Crippen MR) is 104 cm³/mol. The zero-order chi connectivity index (χ0) is 18.8. The molecule has 0 N–H and O–H groups in total. The van der Waals surface area contributed by atoms with Gasteiger partial charge < -0.3 is 14.2 Å². The fourth-order valence-electron chi connectivity index (χ4n) is 3.04. The number of hydrogen-bond donors (Lipinski definition) is 0. The number of methoxy groups -OCH3 is 3. The fourth-order valence-corrected chi connectivity index (χ4v) is 3.04. The van der Waals surface area contributed by atoms with Gasteiger partial charge in [-0.15, -0.1) is 10.2 Å². The third-order valence-electron chi connectivity index (χ3n) is 4.45. The van der Waals surface area contributed by atoms with Crippen molar-refractivity contribution < 1.29 is 14.2 Å². The van der Waals surface area contributed by atoms with Gasteiger partial charge in [0.2, 0.25) is 0 Å². The summed E-state index contributed by atoms with van der Waals surface area (Å²) in [6.45, 7) is 0. The summed E-state index contributed by atoms with van der Waals surface area (Å²) in [4.78, 5) is 0. The van der Waals surface area contributed by atoms with E-state index in [9.17, 15) is 0 Å². The van der Waals surface area contributed by atoms with Crippen LogP contribution in [0, 0.1) is 0 Å². The van der Waals surface area contributed by atoms with Gasteiger partial charge in [0, 0.05) is 11.8 Å². The molecule has 0 radical (unpaired) electrons. The van der Waals surface area contributed by atoms with Crippen molar-refractivity contribution in [1.82, 2.24) is 14.6 Å². The summed E-state index contributed by atoms with van der Waals surface area (Å²) in [5.74, 6) is 2.87. The second-order valence-corrected chi connectivity index (χ2v) is 5.97. The Morgan fingerprint density at radius 2 is 1.52 bits per heavy atom. The number of benzene rings is 2. The zero-order valence-electron chi connectivity index (χ0n) is 15.3. The van der Waals surface area contributed by atoms with Gasteiger partial charge in [-0.05, 0) is 53.6 Å². The van der Waals surface area contributed by atoms with Crippen molar-refractivity contribution in [2.24, 2.45) is 0 Å². The average Bonchev–Trinajstić information content (AvgIpc) is 3.16. The number of nitrogens with zero attached hydrogens (tertiary/aromatic N) is 3. The molecule has 0 fully saturated rings. The molecule has 2 aromatic carbocycles. The molecule has 0 spiro atoms. The molecule has 4 rings (SSSR count). The van der Waals surface area contributed by atoms with Crippen LogP contribution in [0.15, 0.2) is 60.8 Å². The second kappa shape index (κ2) is 6.99. The van der Waals surface area contributed by atoms with E-state index >= 15 is 0 Å². The average molecular weight is 361 g/mol. The third-order valence-corrected chi connectivity index (χ3v) is 4.45. The molecule has 0 saturated carbocycles. The lowest BCUT2D eigenvalue weighted by Crippen LogP contribution is -1.94. The summed E-state index contributed by atoms with van der Waals surface area (Å²) in [7, 11) is 4.89. The first kappa shape index (κ1) is 16.9. The molecule has 6 nitrogen and oxygen atoms in total. The Morgan fingerprint density at radius 1 is 0.704 bits per heavy atom. The highest BCUT2D eigenvalue weighted by Gasteiger charge is 2.13. The topological polar surface area (TPSA) is 57.9 Å². The summed E-state index contributed by atoms with van der Waals surface area (Å²) >= 11 is 0. The first-order valence-electron chi connectivity index (χ1n) is 8.45. The molecule has 2 heterocycles. The maximum Gasteiger partial charge on any atom is 0.168 e. The number of fused-ring (bicyclic) bond motifs is 1. The van der Waals surface area contributed by atoms with E-state index in [-0.39, 0.29) is 0 Å². The Morgan fingerprint density at radius 3 is 2.30 bits per heavy atom. The summed E-state index contributed by atoms with van der Waals surface area (Å²) in [5.41, 5.74) is 3.76. The van der Waals surface area contributed by atoms with E-state index < -0.39 is 0 Å². The van der Waals surface area contributed by atoms with Crippen molar-refractivity contribution in [3.63, 3.8) is 0 Å². The number of aromatic nitrogens is 3. The first-order valence-corrected chi connectivity index (χ1v) is 8.45. The van der Waals surface area contributed by atoms with Gasteiger partial charge >= 0.3 is 0 Å². The first-order chi connectivity index (χ1) is 13.2. The lowest BCUT2D eigenvalue weighted by Gasteiger charge is -2.09. The van der Waals surface area contributed by atoms with Crippen molar-refractivity contribution >= 4 is 5.65 Å². The van der Waals surface area contributed by atoms with Crippen molar-refractivity contribution in [3.05, 3.63) is 60.8 Å². The second-order valence-electron chi connectivity index (χ2n) is 5.97. The van der Waals surface area contributed by atoms with Crippen LogP contribution >= 0.6 is 0 Å². The van der Waals surface area contributed by atoms with Crippen LogP contribution in [-0.2, 0) is 0 Å². The van der Waals surface area contributed by atoms with Crippen molar-refractivity contribution in [3.8, 4) is 39.8 Å². The molecule has 136 valence electrons. The van der Waals surface area contributed by atoms with E-state index in [0.717, 1.165) is 33.9 Å². The van der Waals surface area contributed by atoms with Gasteiger partial charge in [0.1, 0.15) is 5.75 Å². The molecule has 4 aromatic rings. The Kier molecular flexibility index (Phi) is 4.38. The van der Waals surface area contributed by atoms with E-state index in [0.29, 0.717) is 11.5 Å². The molecule has 0 unspecified atom stereocenters. The molecule has 0 amide bonds. The largest absolute Gasteiger partial charge is 0.497 e. The number of pyridine rings is 1. The Labute approximate surface area is 157 Å². The van der Waals surface area contributed by atoms with Gasteiger partial charge in [0.05, 0.1) is 21.3 Å². The summed E-state index contributed by atoms with van der Waals surface area (Å²) in [5, 5.41) is 8.63. The van der Waals surface area contributed by atoms with E-state index in [1.807, 2.05) is 65.2 Å². The number of rotatable bonds is 5. The Balaban J connectivity index is 1.83. The van der Waals surface area contributed by atoms with Crippen molar-refractivity contribution in [2.75, 3.05) is 21.3 Å². The molecule has 0 aliphatic heterocycles. The highest BCUT2D eigenvalue weighted by molar-refractivity contribution is 5.69. The molecule has 0 saturated heterocycles. The smallest absolute Gasteiger partial charge is 0.168 e. The van der Waals surface area contributed by atoms with E-state index in [4.69, 9.17) is 14.2 Å². The maximum atomic E-state index is 5.41. The lowest BCUT2D eigenvalue weighted by molar-refractivity contribution is 0.355. The lowest BCUT2D eigenvalue weighted by atomic mass is 10.1. The van der Waals surface area contributed by atoms with Gasteiger partial charge in [0.15, 0.2) is 23.0 Å². The van der Waals surface area contributed by atoms with Crippen molar-refractivity contribution in [1.29, 1.82) is 0 Å². The van der Waals surface area contributed by atoms with Crippen molar-refractivity contribution in [2.45, 2.75) is 0 Å². The van der Waals surface area contributed by atoms with Crippen LogP contribution in [-0.4, -0.2) is 35.9 Å².